The molecule has 0 bridgehead atoms. The van der Waals surface area contributed by atoms with Crippen LogP contribution < -0.4 is 0 Å². The van der Waals surface area contributed by atoms with Crippen molar-refractivity contribution in [2.75, 3.05) is 0 Å². The van der Waals surface area contributed by atoms with E-state index < -0.39 is 11.9 Å². The van der Waals surface area contributed by atoms with Gasteiger partial charge in [-0.25, -0.2) is 4.98 Å². The minimum absolute atomic E-state index is 0.0185. The molecule has 8 heteroatoms. The van der Waals surface area contributed by atoms with Crippen LogP contribution in [0.4, 0.5) is 13.2 Å². The van der Waals surface area contributed by atoms with Crippen molar-refractivity contribution in [2.45, 2.75) is 6.18 Å². The van der Waals surface area contributed by atoms with Crippen molar-refractivity contribution in [2.24, 2.45) is 0 Å². The van der Waals surface area contributed by atoms with Crippen molar-refractivity contribution in [3.05, 3.63) is 48.6 Å². The summed E-state index contributed by atoms with van der Waals surface area (Å²) in [7, 11) is 0. The molecular weight excluding hydrogens is 448 g/mol. The van der Waals surface area contributed by atoms with Gasteiger partial charge >= 0.3 is 6.18 Å². The van der Waals surface area contributed by atoms with Crippen LogP contribution in [0.1, 0.15) is 5.69 Å². The lowest BCUT2D eigenvalue weighted by molar-refractivity contribution is -0.141. The van der Waals surface area contributed by atoms with Gasteiger partial charge in [-0.2, -0.15) is 13.2 Å². The van der Waals surface area contributed by atoms with Crippen molar-refractivity contribution in [3.63, 3.8) is 0 Å². The first-order valence-electron chi connectivity index (χ1n) is 5.09. The molecule has 1 aromatic carbocycles. The van der Waals surface area contributed by atoms with E-state index in [1.54, 1.807) is 22.6 Å². The Balaban J connectivity index is 2.60. The van der Waals surface area contributed by atoms with Gasteiger partial charge in [-0.3, -0.25) is 0 Å². The standard InChI is InChI=1S/C12H4Cl3F3IN/c13-6-3-5(4-7(14)10(6)15)9-2-1-8(19)11(20-9)12(16,17)18/h1-4H. The van der Waals surface area contributed by atoms with E-state index in [1.807, 2.05) is 0 Å². The average Bonchev–Trinajstić information content (AvgIpc) is 2.34. The Morgan fingerprint density at radius 1 is 1.00 bits per heavy atom. The first-order valence-corrected chi connectivity index (χ1v) is 7.30. The van der Waals surface area contributed by atoms with Gasteiger partial charge in [-0.1, -0.05) is 34.8 Å². The number of rotatable bonds is 1. The summed E-state index contributed by atoms with van der Waals surface area (Å²) in [5.41, 5.74) is -0.456. The number of pyridine rings is 1. The van der Waals surface area contributed by atoms with Crippen LogP contribution in [0.2, 0.25) is 15.1 Å². The van der Waals surface area contributed by atoms with Crippen LogP contribution in [-0.2, 0) is 6.18 Å². The SMILES string of the molecule is FC(F)(F)c1nc(-c2cc(Cl)c(Cl)c(Cl)c2)ccc1I. The second-order valence-corrected chi connectivity index (χ2v) is 6.13. The lowest BCUT2D eigenvalue weighted by Crippen LogP contribution is -2.11. The molecule has 2 rings (SSSR count). The van der Waals surface area contributed by atoms with Crippen molar-refractivity contribution >= 4 is 57.4 Å². The van der Waals surface area contributed by atoms with E-state index in [0.717, 1.165) is 0 Å². The molecule has 0 N–H and O–H groups in total. The third-order valence-electron chi connectivity index (χ3n) is 2.39. The first-order chi connectivity index (χ1) is 9.20. The maximum Gasteiger partial charge on any atom is 0.434 e. The maximum atomic E-state index is 12.8. The summed E-state index contributed by atoms with van der Waals surface area (Å²) >= 11 is 19.1. The highest BCUT2D eigenvalue weighted by Gasteiger charge is 2.35. The molecule has 0 amide bonds. The molecule has 20 heavy (non-hydrogen) atoms. The van der Waals surface area contributed by atoms with Crippen molar-refractivity contribution in [3.8, 4) is 11.3 Å². The highest BCUT2D eigenvalue weighted by Crippen LogP contribution is 2.37. The molecule has 1 aromatic heterocycles. The van der Waals surface area contributed by atoms with Gasteiger partial charge < -0.3 is 0 Å². The second kappa shape index (κ2) is 5.87. The monoisotopic (exact) mass is 451 g/mol. The third-order valence-corrected chi connectivity index (χ3v) is 4.46. The van der Waals surface area contributed by atoms with Crippen molar-refractivity contribution in [1.82, 2.24) is 4.98 Å². The van der Waals surface area contributed by atoms with Gasteiger partial charge in [0.05, 0.1) is 20.8 Å². The largest absolute Gasteiger partial charge is 0.434 e. The summed E-state index contributed by atoms with van der Waals surface area (Å²) < 4.78 is 38.5. The van der Waals surface area contributed by atoms with Crippen LogP contribution >= 0.6 is 57.4 Å². The summed E-state index contributed by atoms with van der Waals surface area (Å²) in [6.45, 7) is 0. The van der Waals surface area contributed by atoms with Crippen LogP contribution in [0, 0.1) is 3.57 Å². The molecule has 0 aliphatic carbocycles. The topological polar surface area (TPSA) is 12.9 Å². The molecule has 0 fully saturated rings. The molecule has 2 aromatic rings. The van der Waals surface area contributed by atoms with E-state index in [-0.39, 0.29) is 24.3 Å². The van der Waals surface area contributed by atoms with Gasteiger partial charge in [0.25, 0.3) is 0 Å². The molecular formula is C12H4Cl3F3IN. The fourth-order valence-corrected chi connectivity index (χ4v) is 2.71. The van der Waals surface area contributed by atoms with E-state index in [9.17, 15) is 13.2 Å². The highest BCUT2D eigenvalue weighted by atomic mass is 127. The molecule has 0 aliphatic rings. The van der Waals surface area contributed by atoms with Crippen LogP contribution in [0.3, 0.4) is 0 Å². The summed E-state index contributed by atoms with van der Waals surface area (Å²) in [6.07, 6.45) is -4.52. The quantitative estimate of drug-likeness (QED) is 0.364. The van der Waals surface area contributed by atoms with Gasteiger partial charge in [0.1, 0.15) is 0 Å². The van der Waals surface area contributed by atoms with Gasteiger partial charge in [-0.15, -0.1) is 0 Å². The molecule has 0 radical (unpaired) electrons. The second-order valence-electron chi connectivity index (χ2n) is 3.78. The van der Waals surface area contributed by atoms with Crippen molar-refractivity contribution < 1.29 is 13.2 Å². The van der Waals surface area contributed by atoms with E-state index in [0.29, 0.717) is 5.56 Å². The van der Waals surface area contributed by atoms with E-state index in [4.69, 9.17) is 34.8 Å². The molecule has 1 nitrogen and oxygen atoms in total. The molecule has 106 valence electrons. The highest BCUT2D eigenvalue weighted by molar-refractivity contribution is 14.1. The zero-order valence-electron chi connectivity index (χ0n) is 9.40. The number of halogens is 7. The molecule has 0 aliphatic heterocycles. The molecule has 1 heterocycles. The lowest BCUT2D eigenvalue weighted by Gasteiger charge is -2.11. The fourth-order valence-electron chi connectivity index (χ4n) is 1.51. The Labute approximate surface area is 141 Å². The third kappa shape index (κ3) is 3.32. The maximum absolute atomic E-state index is 12.8. The predicted molar refractivity (Wildman–Crippen MR) is 82.4 cm³/mol. The summed E-state index contributed by atoms with van der Waals surface area (Å²) in [6, 6.07) is 5.64. The zero-order valence-corrected chi connectivity index (χ0v) is 13.8. The fraction of sp³-hybridized carbons (Fsp3) is 0.0833. The molecule has 0 saturated heterocycles. The van der Waals surface area contributed by atoms with Gasteiger partial charge in [-0.05, 0) is 46.9 Å². The van der Waals surface area contributed by atoms with Gasteiger partial charge in [0, 0.05) is 9.13 Å². The molecule has 0 saturated carbocycles. The van der Waals surface area contributed by atoms with Gasteiger partial charge in [0.2, 0.25) is 0 Å². The van der Waals surface area contributed by atoms with Crippen molar-refractivity contribution in [1.29, 1.82) is 0 Å². The van der Waals surface area contributed by atoms with Crippen LogP contribution in [0.25, 0.3) is 11.3 Å². The number of alkyl halides is 3. The number of hydrogen-bond acceptors (Lipinski definition) is 1. The number of nitrogens with zero attached hydrogens (tertiary/aromatic N) is 1. The van der Waals surface area contributed by atoms with E-state index >= 15 is 0 Å². The Morgan fingerprint density at radius 3 is 2.05 bits per heavy atom. The van der Waals surface area contributed by atoms with Gasteiger partial charge in [0.15, 0.2) is 5.69 Å². The number of hydrogen-bond donors (Lipinski definition) is 0. The summed E-state index contributed by atoms with van der Waals surface area (Å²) in [4.78, 5) is 3.63. The van der Waals surface area contributed by atoms with E-state index in [2.05, 4.69) is 4.98 Å². The molecule has 0 spiro atoms. The number of aromatic nitrogens is 1. The first kappa shape index (κ1) is 16.1. The zero-order chi connectivity index (χ0) is 15.1. The molecule has 0 unspecified atom stereocenters. The normalized spacial score (nSPS) is 11.8. The smallest absolute Gasteiger partial charge is 0.242 e. The van der Waals surface area contributed by atoms with Crippen LogP contribution in [0.5, 0.6) is 0 Å². The van der Waals surface area contributed by atoms with Crippen LogP contribution in [0.15, 0.2) is 24.3 Å². The number of benzene rings is 1. The minimum Gasteiger partial charge on any atom is -0.242 e. The Hall–Kier alpha value is -0.240. The summed E-state index contributed by atoms with van der Waals surface area (Å²) in [5.74, 6) is 0. The Kier molecular flexibility index (Phi) is 4.73. The predicted octanol–water partition coefficient (Wildman–Crippen LogP) is 6.33. The Bertz CT molecular complexity index is 650. The Morgan fingerprint density at radius 2 is 1.55 bits per heavy atom. The van der Waals surface area contributed by atoms with E-state index in [1.165, 1.54) is 24.3 Å². The lowest BCUT2D eigenvalue weighted by atomic mass is 10.1. The average molecular weight is 452 g/mol. The minimum atomic E-state index is -4.52. The van der Waals surface area contributed by atoms with Crippen LogP contribution in [-0.4, -0.2) is 4.98 Å². The summed E-state index contributed by atoms with van der Waals surface area (Å²) in [5, 5.41) is 0.463. The molecule has 0 atom stereocenters.